The lowest BCUT2D eigenvalue weighted by Crippen LogP contribution is -2.38. The van der Waals surface area contributed by atoms with Crippen molar-refractivity contribution in [2.24, 2.45) is 0 Å². The standard InChI is InChI=1S/C21H27N7O/c1-26(2)20-11-21(24-15-23-20)27-14-18(29)10-17(27)13-22-12-16-6-3-4-7-19(16)28-9-5-8-25-28/h3-9,11,15,17-18,22,29H,10,12-14H2,1-2H3/t17-,18-/m1/s1. The number of rotatable bonds is 7. The summed E-state index contributed by atoms with van der Waals surface area (Å²) in [4.78, 5) is 12.9. The van der Waals surface area contributed by atoms with E-state index in [-0.39, 0.29) is 12.1 Å². The van der Waals surface area contributed by atoms with Crippen LogP contribution in [0.15, 0.2) is 55.1 Å². The molecule has 3 heterocycles. The number of aliphatic hydroxyl groups excluding tert-OH is 1. The van der Waals surface area contributed by atoms with Gasteiger partial charge in [0.15, 0.2) is 0 Å². The first kappa shape index (κ1) is 19.4. The largest absolute Gasteiger partial charge is 0.391 e. The lowest BCUT2D eigenvalue weighted by Gasteiger charge is -2.26. The average Bonchev–Trinajstić information content (AvgIpc) is 3.38. The SMILES string of the molecule is CN(C)c1cc(N2C[C@H](O)C[C@@H]2CNCc2ccccc2-n2cccn2)ncn1. The monoisotopic (exact) mass is 393 g/mol. The Balaban J connectivity index is 1.44. The third-order valence-electron chi connectivity index (χ3n) is 5.22. The van der Waals surface area contributed by atoms with E-state index in [2.05, 4.69) is 37.4 Å². The highest BCUT2D eigenvalue weighted by Gasteiger charge is 2.31. The quantitative estimate of drug-likeness (QED) is 0.629. The van der Waals surface area contributed by atoms with E-state index in [0.717, 1.165) is 36.8 Å². The van der Waals surface area contributed by atoms with Gasteiger partial charge in [-0.1, -0.05) is 18.2 Å². The van der Waals surface area contributed by atoms with Crippen molar-refractivity contribution in [1.82, 2.24) is 25.1 Å². The van der Waals surface area contributed by atoms with Crippen LogP contribution in [0.25, 0.3) is 5.69 Å². The van der Waals surface area contributed by atoms with Gasteiger partial charge in [-0.15, -0.1) is 0 Å². The van der Waals surface area contributed by atoms with Gasteiger partial charge in [0.05, 0.1) is 11.8 Å². The molecule has 1 aliphatic heterocycles. The molecule has 4 rings (SSSR count). The predicted molar refractivity (Wildman–Crippen MR) is 113 cm³/mol. The number of hydrogen-bond acceptors (Lipinski definition) is 7. The van der Waals surface area contributed by atoms with Crippen LogP contribution in [0.5, 0.6) is 0 Å². The molecule has 3 aromatic rings. The summed E-state index contributed by atoms with van der Waals surface area (Å²) >= 11 is 0. The molecule has 0 saturated carbocycles. The van der Waals surface area contributed by atoms with Crippen molar-refractivity contribution in [3.63, 3.8) is 0 Å². The minimum atomic E-state index is -0.351. The van der Waals surface area contributed by atoms with Crippen molar-refractivity contribution < 1.29 is 5.11 Å². The molecule has 1 aromatic carbocycles. The maximum Gasteiger partial charge on any atom is 0.134 e. The van der Waals surface area contributed by atoms with Gasteiger partial charge in [0.2, 0.25) is 0 Å². The van der Waals surface area contributed by atoms with E-state index in [0.29, 0.717) is 6.54 Å². The van der Waals surface area contributed by atoms with E-state index >= 15 is 0 Å². The second-order valence-electron chi connectivity index (χ2n) is 7.53. The molecule has 1 fully saturated rings. The van der Waals surface area contributed by atoms with Gasteiger partial charge in [0.25, 0.3) is 0 Å². The Morgan fingerprint density at radius 1 is 1.21 bits per heavy atom. The molecule has 29 heavy (non-hydrogen) atoms. The summed E-state index contributed by atoms with van der Waals surface area (Å²) in [6.45, 7) is 2.06. The van der Waals surface area contributed by atoms with Crippen LogP contribution in [0.4, 0.5) is 11.6 Å². The first-order chi connectivity index (χ1) is 14.1. The molecular weight excluding hydrogens is 366 g/mol. The van der Waals surface area contributed by atoms with Crippen molar-refractivity contribution >= 4 is 11.6 Å². The molecule has 0 spiro atoms. The maximum absolute atomic E-state index is 10.3. The number of nitrogens with zero attached hydrogens (tertiary/aromatic N) is 6. The predicted octanol–water partition coefficient (Wildman–Crippen LogP) is 1.46. The number of nitrogens with one attached hydrogen (secondary N) is 1. The van der Waals surface area contributed by atoms with Crippen LogP contribution in [0.3, 0.4) is 0 Å². The third kappa shape index (κ3) is 4.38. The van der Waals surface area contributed by atoms with Crippen molar-refractivity contribution in [1.29, 1.82) is 0 Å². The highest BCUT2D eigenvalue weighted by molar-refractivity contribution is 5.51. The van der Waals surface area contributed by atoms with Crippen LogP contribution in [0, 0.1) is 0 Å². The van der Waals surface area contributed by atoms with Gasteiger partial charge < -0.3 is 20.2 Å². The summed E-state index contributed by atoms with van der Waals surface area (Å²) < 4.78 is 1.88. The fraction of sp³-hybridized carbons (Fsp3) is 0.381. The molecule has 0 bridgehead atoms. The first-order valence-corrected chi connectivity index (χ1v) is 9.84. The molecule has 152 valence electrons. The van der Waals surface area contributed by atoms with Crippen LogP contribution in [-0.4, -0.2) is 64.2 Å². The maximum atomic E-state index is 10.3. The van der Waals surface area contributed by atoms with Gasteiger partial charge in [-0.05, 0) is 24.1 Å². The van der Waals surface area contributed by atoms with Gasteiger partial charge in [0, 0.05) is 58.2 Å². The molecule has 8 heteroatoms. The van der Waals surface area contributed by atoms with Gasteiger partial charge in [-0.25, -0.2) is 14.6 Å². The van der Waals surface area contributed by atoms with Crippen LogP contribution >= 0.6 is 0 Å². The molecule has 1 saturated heterocycles. The summed E-state index contributed by atoms with van der Waals surface area (Å²) in [6.07, 6.45) is 5.68. The van der Waals surface area contributed by atoms with Crippen LogP contribution in [0.2, 0.25) is 0 Å². The zero-order valence-corrected chi connectivity index (χ0v) is 16.8. The molecule has 0 radical (unpaired) electrons. The van der Waals surface area contributed by atoms with Gasteiger partial charge in [-0.3, -0.25) is 0 Å². The second-order valence-corrected chi connectivity index (χ2v) is 7.53. The second kappa shape index (κ2) is 8.59. The number of β-amino-alcohol motifs (C(OH)–C–C–N with tert-alkyl or cyclic N) is 1. The lowest BCUT2D eigenvalue weighted by atomic mass is 10.1. The summed E-state index contributed by atoms with van der Waals surface area (Å²) in [5.41, 5.74) is 2.25. The lowest BCUT2D eigenvalue weighted by molar-refractivity contribution is 0.194. The molecular formula is C21H27N7O. The Hall–Kier alpha value is -2.97. The highest BCUT2D eigenvalue weighted by atomic mass is 16.3. The van der Waals surface area contributed by atoms with E-state index in [9.17, 15) is 5.11 Å². The average molecular weight is 393 g/mol. The van der Waals surface area contributed by atoms with E-state index in [1.807, 2.05) is 54.1 Å². The van der Waals surface area contributed by atoms with Crippen LogP contribution in [-0.2, 0) is 6.54 Å². The number of benzene rings is 1. The van der Waals surface area contributed by atoms with Gasteiger partial charge in [0.1, 0.15) is 18.0 Å². The number of aliphatic hydroxyl groups is 1. The molecule has 1 aliphatic rings. The van der Waals surface area contributed by atoms with Crippen molar-refractivity contribution in [2.75, 3.05) is 37.0 Å². The molecule has 0 aliphatic carbocycles. The normalized spacial score (nSPS) is 18.9. The molecule has 2 aromatic heterocycles. The Morgan fingerprint density at radius 3 is 2.86 bits per heavy atom. The van der Waals surface area contributed by atoms with Crippen molar-refractivity contribution in [2.45, 2.75) is 25.1 Å². The number of para-hydroxylation sites is 1. The summed E-state index contributed by atoms with van der Waals surface area (Å²) in [5, 5.41) is 18.2. The zero-order valence-electron chi connectivity index (χ0n) is 16.8. The molecule has 2 atom stereocenters. The van der Waals surface area contributed by atoms with E-state index in [1.54, 1.807) is 12.5 Å². The van der Waals surface area contributed by atoms with E-state index < -0.39 is 0 Å². The molecule has 0 amide bonds. The number of hydrogen-bond donors (Lipinski definition) is 2. The fourth-order valence-corrected chi connectivity index (χ4v) is 3.77. The van der Waals surface area contributed by atoms with E-state index in [4.69, 9.17) is 0 Å². The minimum Gasteiger partial charge on any atom is -0.391 e. The smallest absolute Gasteiger partial charge is 0.134 e. The molecule has 2 N–H and O–H groups in total. The zero-order chi connectivity index (χ0) is 20.2. The van der Waals surface area contributed by atoms with Crippen molar-refractivity contribution in [3.05, 3.63) is 60.7 Å². The first-order valence-electron chi connectivity index (χ1n) is 9.84. The van der Waals surface area contributed by atoms with Crippen molar-refractivity contribution in [3.8, 4) is 5.69 Å². The minimum absolute atomic E-state index is 0.173. The Kier molecular flexibility index (Phi) is 5.73. The topological polar surface area (TPSA) is 82.3 Å². The van der Waals surface area contributed by atoms with Gasteiger partial charge in [-0.2, -0.15) is 5.10 Å². The number of aromatic nitrogens is 4. The summed E-state index contributed by atoms with van der Waals surface area (Å²) in [6, 6.07) is 12.3. The Labute approximate surface area is 170 Å². The molecule has 0 unspecified atom stereocenters. The number of anilines is 2. The summed E-state index contributed by atoms with van der Waals surface area (Å²) in [5.74, 6) is 1.71. The van der Waals surface area contributed by atoms with Gasteiger partial charge >= 0.3 is 0 Å². The highest BCUT2D eigenvalue weighted by Crippen LogP contribution is 2.25. The van der Waals surface area contributed by atoms with Crippen LogP contribution < -0.4 is 15.1 Å². The van der Waals surface area contributed by atoms with Crippen LogP contribution in [0.1, 0.15) is 12.0 Å². The van der Waals surface area contributed by atoms with E-state index in [1.165, 1.54) is 5.56 Å². The Bertz CT molecular complexity index is 928. The summed E-state index contributed by atoms with van der Waals surface area (Å²) in [7, 11) is 3.92. The molecule has 8 nitrogen and oxygen atoms in total. The third-order valence-corrected chi connectivity index (χ3v) is 5.22. The Morgan fingerprint density at radius 2 is 2.07 bits per heavy atom. The fourth-order valence-electron chi connectivity index (χ4n) is 3.77.